The van der Waals surface area contributed by atoms with E-state index < -0.39 is 22.2 Å². The van der Waals surface area contributed by atoms with Crippen LogP contribution in [0.4, 0.5) is 4.39 Å². The lowest BCUT2D eigenvalue weighted by molar-refractivity contribution is 0.531. The van der Waals surface area contributed by atoms with Crippen LogP contribution < -0.4 is 11.2 Å². The Labute approximate surface area is 106 Å². The smallest absolute Gasteiger partial charge is 0.295 e. The molecule has 0 radical (unpaired) electrons. The zero-order valence-corrected chi connectivity index (χ0v) is 10.2. The van der Waals surface area contributed by atoms with Gasteiger partial charge < -0.3 is 0 Å². The van der Waals surface area contributed by atoms with Gasteiger partial charge in [0.1, 0.15) is 0 Å². The van der Waals surface area contributed by atoms with E-state index in [9.17, 15) is 14.0 Å². The van der Waals surface area contributed by atoms with Gasteiger partial charge in [0.2, 0.25) is 5.82 Å². The molecule has 0 bridgehead atoms. The minimum Gasteiger partial charge on any atom is -0.295 e. The van der Waals surface area contributed by atoms with Gasteiger partial charge in [0.15, 0.2) is 5.15 Å². The van der Waals surface area contributed by atoms with Crippen molar-refractivity contribution in [2.24, 2.45) is 7.05 Å². The largest absolute Gasteiger partial charge is 0.329 e. The van der Waals surface area contributed by atoms with Gasteiger partial charge in [-0.25, -0.2) is 4.79 Å². The number of hydrogen-bond acceptors (Lipinski definition) is 3. The first-order valence-corrected chi connectivity index (χ1v) is 5.53. The fourth-order valence-corrected chi connectivity index (χ4v) is 1.76. The molecule has 2 aromatic heterocycles. The minimum atomic E-state index is -1.15. The van der Waals surface area contributed by atoms with Crippen LogP contribution in [0.1, 0.15) is 5.69 Å². The second kappa shape index (κ2) is 4.77. The second-order valence-electron chi connectivity index (χ2n) is 3.71. The van der Waals surface area contributed by atoms with Crippen molar-refractivity contribution in [2.45, 2.75) is 13.0 Å². The molecular formula is C10H10ClFN4O2. The number of aromatic nitrogens is 4. The molecule has 0 atom stereocenters. The van der Waals surface area contributed by atoms with Gasteiger partial charge in [-0.2, -0.15) is 9.49 Å². The molecule has 18 heavy (non-hydrogen) atoms. The quantitative estimate of drug-likeness (QED) is 0.817. The van der Waals surface area contributed by atoms with E-state index in [-0.39, 0.29) is 6.54 Å². The molecule has 96 valence electrons. The van der Waals surface area contributed by atoms with Crippen molar-refractivity contribution in [3.63, 3.8) is 0 Å². The Balaban J connectivity index is 2.31. The fourth-order valence-electron chi connectivity index (χ4n) is 1.60. The molecule has 6 nitrogen and oxygen atoms in total. The number of aryl methyl sites for hydroxylation is 2. The summed E-state index contributed by atoms with van der Waals surface area (Å²) < 4.78 is 15.7. The van der Waals surface area contributed by atoms with Crippen LogP contribution in [0.5, 0.6) is 0 Å². The third kappa shape index (κ3) is 2.21. The second-order valence-corrected chi connectivity index (χ2v) is 4.09. The van der Waals surface area contributed by atoms with E-state index >= 15 is 0 Å². The van der Waals surface area contributed by atoms with Gasteiger partial charge in [0.25, 0.3) is 5.56 Å². The van der Waals surface area contributed by atoms with Gasteiger partial charge in [0, 0.05) is 31.9 Å². The summed E-state index contributed by atoms with van der Waals surface area (Å²) in [5, 5.41) is 3.39. The molecule has 0 fully saturated rings. The number of halogens is 2. The summed E-state index contributed by atoms with van der Waals surface area (Å²) in [6.45, 7) is 0.0573. The van der Waals surface area contributed by atoms with Crippen molar-refractivity contribution in [3.05, 3.63) is 49.8 Å². The van der Waals surface area contributed by atoms with Gasteiger partial charge in [-0.05, 0) is 6.07 Å². The standard InChI is InChI=1S/C10H10ClFN4O2/c1-15-6(2-4-13-15)3-5-16-9(17)7(12)8(11)14-10(16)18/h2,4H,3,5H2,1H3,(H,14,18). The van der Waals surface area contributed by atoms with Gasteiger partial charge in [-0.1, -0.05) is 11.6 Å². The van der Waals surface area contributed by atoms with Gasteiger partial charge in [-0.15, -0.1) is 0 Å². The van der Waals surface area contributed by atoms with Crippen LogP contribution in [0.25, 0.3) is 0 Å². The molecule has 0 aliphatic carbocycles. The Bertz CT molecular complexity index is 688. The van der Waals surface area contributed by atoms with Gasteiger partial charge >= 0.3 is 5.69 Å². The highest BCUT2D eigenvalue weighted by molar-refractivity contribution is 6.29. The highest BCUT2D eigenvalue weighted by atomic mass is 35.5. The molecule has 2 aromatic rings. The number of H-pyrrole nitrogens is 1. The summed E-state index contributed by atoms with van der Waals surface area (Å²) in [4.78, 5) is 25.1. The number of nitrogens with one attached hydrogen (secondary N) is 1. The lowest BCUT2D eigenvalue weighted by Crippen LogP contribution is -2.37. The Kier molecular flexibility index (Phi) is 3.33. The van der Waals surface area contributed by atoms with Crippen molar-refractivity contribution in [1.29, 1.82) is 0 Å². The highest BCUT2D eigenvalue weighted by Crippen LogP contribution is 2.03. The first-order chi connectivity index (χ1) is 8.50. The maximum absolute atomic E-state index is 13.3. The third-order valence-corrected chi connectivity index (χ3v) is 2.86. The average Bonchev–Trinajstić information content (AvgIpc) is 2.72. The predicted octanol–water partition coefficient (Wildman–Crippen LogP) is 0.305. The van der Waals surface area contributed by atoms with Crippen LogP contribution in [0, 0.1) is 5.82 Å². The highest BCUT2D eigenvalue weighted by Gasteiger charge is 2.12. The third-order valence-electron chi connectivity index (χ3n) is 2.60. The average molecular weight is 273 g/mol. The molecule has 1 N–H and O–H groups in total. The van der Waals surface area contributed by atoms with Crippen molar-refractivity contribution in [3.8, 4) is 0 Å². The molecule has 2 rings (SSSR count). The summed E-state index contributed by atoms with van der Waals surface area (Å²) in [7, 11) is 1.74. The number of nitrogens with zero attached hydrogens (tertiary/aromatic N) is 3. The van der Waals surface area contributed by atoms with E-state index in [2.05, 4.69) is 10.1 Å². The summed E-state index contributed by atoms with van der Waals surface area (Å²) in [5.74, 6) is -1.15. The van der Waals surface area contributed by atoms with Crippen LogP contribution in [0.15, 0.2) is 21.9 Å². The summed E-state index contributed by atoms with van der Waals surface area (Å²) >= 11 is 5.36. The molecular weight excluding hydrogens is 263 g/mol. The molecule has 0 saturated heterocycles. The first kappa shape index (κ1) is 12.6. The van der Waals surface area contributed by atoms with E-state index in [0.29, 0.717) is 6.42 Å². The molecule has 0 spiro atoms. The van der Waals surface area contributed by atoms with Gasteiger partial charge in [-0.3, -0.25) is 19.0 Å². The molecule has 2 heterocycles. The fraction of sp³-hybridized carbons (Fsp3) is 0.300. The molecule has 0 aromatic carbocycles. The zero-order chi connectivity index (χ0) is 13.3. The van der Waals surface area contributed by atoms with E-state index in [1.807, 2.05) is 0 Å². The Morgan fingerprint density at radius 3 is 2.83 bits per heavy atom. The molecule has 0 aliphatic rings. The minimum absolute atomic E-state index is 0.0573. The summed E-state index contributed by atoms with van der Waals surface area (Å²) in [6, 6.07) is 1.76. The molecule has 8 heteroatoms. The summed E-state index contributed by atoms with van der Waals surface area (Å²) in [5.41, 5.74) is -0.920. The SMILES string of the molecule is Cn1nccc1CCn1c(=O)[nH]c(Cl)c(F)c1=O. The lowest BCUT2D eigenvalue weighted by atomic mass is 10.3. The molecule has 0 amide bonds. The summed E-state index contributed by atoms with van der Waals surface area (Å²) in [6.07, 6.45) is 1.99. The van der Waals surface area contributed by atoms with Crippen molar-refractivity contribution in [2.75, 3.05) is 0 Å². The number of aromatic amines is 1. The Hall–Kier alpha value is -1.89. The van der Waals surface area contributed by atoms with Crippen molar-refractivity contribution >= 4 is 11.6 Å². The molecule has 0 saturated carbocycles. The van der Waals surface area contributed by atoms with Crippen LogP contribution in [0.2, 0.25) is 5.15 Å². The van der Waals surface area contributed by atoms with E-state index in [1.54, 1.807) is 24.0 Å². The van der Waals surface area contributed by atoms with E-state index in [0.717, 1.165) is 10.3 Å². The van der Waals surface area contributed by atoms with Crippen LogP contribution in [0.3, 0.4) is 0 Å². The van der Waals surface area contributed by atoms with Crippen LogP contribution in [-0.2, 0) is 20.0 Å². The molecule has 0 unspecified atom stereocenters. The van der Waals surface area contributed by atoms with Crippen LogP contribution in [-0.4, -0.2) is 19.3 Å². The van der Waals surface area contributed by atoms with Crippen molar-refractivity contribution in [1.82, 2.24) is 19.3 Å². The van der Waals surface area contributed by atoms with Crippen LogP contribution >= 0.6 is 11.6 Å². The maximum Gasteiger partial charge on any atom is 0.329 e. The van der Waals surface area contributed by atoms with Gasteiger partial charge in [0.05, 0.1) is 0 Å². The number of hydrogen-bond donors (Lipinski definition) is 1. The monoisotopic (exact) mass is 272 g/mol. The topological polar surface area (TPSA) is 72.7 Å². The maximum atomic E-state index is 13.3. The zero-order valence-electron chi connectivity index (χ0n) is 9.48. The lowest BCUT2D eigenvalue weighted by Gasteiger charge is -2.05. The first-order valence-electron chi connectivity index (χ1n) is 5.15. The van der Waals surface area contributed by atoms with Crippen molar-refractivity contribution < 1.29 is 4.39 Å². The number of rotatable bonds is 3. The molecule has 0 aliphatic heterocycles. The van der Waals surface area contributed by atoms with E-state index in [4.69, 9.17) is 11.6 Å². The normalized spacial score (nSPS) is 10.8. The Morgan fingerprint density at radius 1 is 1.50 bits per heavy atom. The Morgan fingerprint density at radius 2 is 2.22 bits per heavy atom. The van der Waals surface area contributed by atoms with E-state index in [1.165, 1.54) is 0 Å². The predicted molar refractivity (Wildman–Crippen MR) is 63.2 cm³/mol.